The molecular formula is C18H27NO4. The smallest absolute Gasteiger partial charge is 0.310 e. The van der Waals surface area contributed by atoms with Crippen molar-refractivity contribution in [2.24, 2.45) is 5.92 Å². The highest BCUT2D eigenvalue weighted by Crippen LogP contribution is 2.08. The van der Waals surface area contributed by atoms with E-state index in [0.29, 0.717) is 32.7 Å². The average molecular weight is 321 g/mol. The van der Waals surface area contributed by atoms with E-state index in [0.717, 1.165) is 12.0 Å². The first kappa shape index (κ1) is 19.2. The van der Waals surface area contributed by atoms with E-state index < -0.39 is 0 Å². The number of carbonyl (C=O) groups excluding carboxylic acids is 2. The van der Waals surface area contributed by atoms with Crippen LogP contribution < -0.4 is 0 Å². The molecule has 0 radical (unpaired) electrons. The molecule has 5 heteroatoms. The van der Waals surface area contributed by atoms with E-state index in [1.165, 1.54) is 7.11 Å². The van der Waals surface area contributed by atoms with E-state index in [-0.39, 0.29) is 17.8 Å². The van der Waals surface area contributed by atoms with Gasteiger partial charge in [0.15, 0.2) is 0 Å². The molecule has 5 nitrogen and oxygen atoms in total. The zero-order chi connectivity index (χ0) is 17.1. The molecule has 1 amide bonds. The number of carbonyl (C=O) groups is 2. The highest BCUT2D eigenvalue weighted by Gasteiger charge is 2.21. The summed E-state index contributed by atoms with van der Waals surface area (Å²) in [5.74, 6) is -0.623. The van der Waals surface area contributed by atoms with Crippen molar-refractivity contribution in [2.45, 2.75) is 26.7 Å². The average Bonchev–Trinajstić information content (AvgIpc) is 2.57. The minimum atomic E-state index is -0.341. The molecule has 0 aliphatic carbocycles. The van der Waals surface area contributed by atoms with Crippen LogP contribution in [0, 0.1) is 5.92 Å². The molecule has 0 heterocycles. The van der Waals surface area contributed by atoms with E-state index >= 15 is 0 Å². The Balaban J connectivity index is 2.64. The summed E-state index contributed by atoms with van der Waals surface area (Å²) in [4.78, 5) is 25.9. The molecule has 0 bridgehead atoms. The van der Waals surface area contributed by atoms with Crippen LogP contribution >= 0.6 is 0 Å². The Bertz CT molecular complexity index is 475. The summed E-state index contributed by atoms with van der Waals surface area (Å²) in [5, 5.41) is 0. The summed E-state index contributed by atoms with van der Waals surface area (Å²) in [6, 6.07) is 9.62. The van der Waals surface area contributed by atoms with Crippen LogP contribution in [0.5, 0.6) is 0 Å². The van der Waals surface area contributed by atoms with Crippen LogP contribution in [-0.4, -0.2) is 50.2 Å². The molecule has 0 aromatic heterocycles. The summed E-state index contributed by atoms with van der Waals surface area (Å²) >= 11 is 0. The number of esters is 1. The number of nitrogens with zero attached hydrogens (tertiary/aromatic N) is 1. The summed E-state index contributed by atoms with van der Waals surface area (Å²) in [6.07, 6.45) is 1.09. The second-order valence-electron chi connectivity index (χ2n) is 5.48. The van der Waals surface area contributed by atoms with Crippen LogP contribution in [0.25, 0.3) is 0 Å². The van der Waals surface area contributed by atoms with E-state index in [9.17, 15) is 9.59 Å². The summed E-state index contributed by atoms with van der Waals surface area (Å²) < 4.78 is 10.1. The van der Waals surface area contributed by atoms with Gasteiger partial charge in [-0.1, -0.05) is 37.3 Å². The van der Waals surface area contributed by atoms with Gasteiger partial charge in [-0.15, -0.1) is 0 Å². The SMILES string of the molecule is CCOCCCN(CC(C)C(=O)OC)C(=O)Cc1ccccc1. The predicted molar refractivity (Wildman–Crippen MR) is 89.0 cm³/mol. The molecule has 1 aromatic rings. The van der Waals surface area contributed by atoms with Crippen molar-refractivity contribution in [1.82, 2.24) is 4.90 Å². The Kier molecular flexibility index (Phi) is 8.98. The minimum Gasteiger partial charge on any atom is -0.469 e. The van der Waals surface area contributed by atoms with Crippen molar-refractivity contribution in [3.8, 4) is 0 Å². The largest absolute Gasteiger partial charge is 0.469 e. The van der Waals surface area contributed by atoms with Gasteiger partial charge in [-0.05, 0) is 18.9 Å². The van der Waals surface area contributed by atoms with Gasteiger partial charge in [0.25, 0.3) is 0 Å². The lowest BCUT2D eigenvalue weighted by Crippen LogP contribution is -2.39. The Morgan fingerprint density at radius 3 is 2.52 bits per heavy atom. The lowest BCUT2D eigenvalue weighted by atomic mass is 10.1. The summed E-state index contributed by atoms with van der Waals surface area (Å²) in [6.45, 7) is 5.93. The molecule has 0 spiro atoms. The van der Waals surface area contributed by atoms with Crippen molar-refractivity contribution in [2.75, 3.05) is 33.4 Å². The maximum Gasteiger partial charge on any atom is 0.310 e. The first-order valence-corrected chi connectivity index (χ1v) is 8.05. The number of rotatable bonds is 10. The van der Waals surface area contributed by atoms with Gasteiger partial charge in [-0.25, -0.2) is 0 Å². The van der Waals surface area contributed by atoms with Crippen molar-refractivity contribution in [1.29, 1.82) is 0 Å². The highest BCUT2D eigenvalue weighted by atomic mass is 16.5. The first-order valence-electron chi connectivity index (χ1n) is 8.05. The van der Waals surface area contributed by atoms with Crippen molar-refractivity contribution < 1.29 is 19.1 Å². The fraction of sp³-hybridized carbons (Fsp3) is 0.556. The summed E-state index contributed by atoms with van der Waals surface area (Å²) in [5.41, 5.74) is 0.970. The van der Waals surface area contributed by atoms with Crippen LogP contribution in [0.3, 0.4) is 0 Å². The highest BCUT2D eigenvalue weighted by molar-refractivity contribution is 5.80. The van der Waals surface area contributed by atoms with Crippen molar-refractivity contribution >= 4 is 11.9 Å². The second kappa shape index (κ2) is 10.8. The maximum absolute atomic E-state index is 12.6. The molecule has 1 atom stereocenters. The molecule has 0 aliphatic heterocycles. The molecule has 0 saturated carbocycles. The van der Waals surface area contributed by atoms with Crippen LogP contribution in [0.4, 0.5) is 0 Å². The third kappa shape index (κ3) is 7.28. The predicted octanol–water partition coefficient (Wildman–Crippen LogP) is 2.29. The number of ether oxygens (including phenoxy) is 2. The van der Waals surface area contributed by atoms with Gasteiger partial charge in [0.1, 0.15) is 0 Å². The lowest BCUT2D eigenvalue weighted by Gasteiger charge is -2.25. The molecule has 0 N–H and O–H groups in total. The molecule has 1 rings (SSSR count). The number of benzene rings is 1. The van der Waals surface area contributed by atoms with Gasteiger partial charge in [0.05, 0.1) is 19.4 Å². The molecule has 1 aromatic carbocycles. The quantitative estimate of drug-likeness (QED) is 0.490. The molecule has 0 fully saturated rings. The van der Waals surface area contributed by atoms with Gasteiger partial charge >= 0.3 is 5.97 Å². The standard InChI is InChI=1S/C18H27NO4/c1-4-23-12-8-11-19(14-15(2)18(21)22-3)17(20)13-16-9-6-5-7-10-16/h5-7,9-10,15H,4,8,11-14H2,1-3H3. The van der Waals surface area contributed by atoms with Crippen molar-refractivity contribution in [3.63, 3.8) is 0 Å². The lowest BCUT2D eigenvalue weighted by molar-refractivity contribution is -0.146. The van der Waals surface area contributed by atoms with Crippen LogP contribution in [0.1, 0.15) is 25.8 Å². The topological polar surface area (TPSA) is 55.8 Å². The Morgan fingerprint density at radius 2 is 1.91 bits per heavy atom. The van der Waals surface area contributed by atoms with Gasteiger partial charge < -0.3 is 14.4 Å². The number of hydrogen-bond acceptors (Lipinski definition) is 4. The van der Waals surface area contributed by atoms with Gasteiger partial charge in [0, 0.05) is 26.3 Å². The molecule has 23 heavy (non-hydrogen) atoms. The Labute approximate surface area is 138 Å². The van der Waals surface area contributed by atoms with Crippen LogP contribution in [0.2, 0.25) is 0 Å². The van der Waals surface area contributed by atoms with Gasteiger partial charge in [-0.2, -0.15) is 0 Å². The van der Waals surface area contributed by atoms with Crippen LogP contribution in [-0.2, 0) is 25.5 Å². The normalized spacial score (nSPS) is 11.8. The second-order valence-corrected chi connectivity index (χ2v) is 5.48. The molecule has 1 unspecified atom stereocenters. The number of hydrogen-bond donors (Lipinski definition) is 0. The number of methoxy groups -OCH3 is 1. The molecule has 128 valence electrons. The molecule has 0 aliphatic rings. The zero-order valence-electron chi connectivity index (χ0n) is 14.3. The maximum atomic E-state index is 12.6. The fourth-order valence-corrected chi connectivity index (χ4v) is 2.31. The van der Waals surface area contributed by atoms with E-state index in [4.69, 9.17) is 9.47 Å². The van der Waals surface area contributed by atoms with E-state index in [2.05, 4.69) is 0 Å². The first-order chi connectivity index (χ1) is 11.1. The molecular weight excluding hydrogens is 294 g/mol. The zero-order valence-corrected chi connectivity index (χ0v) is 14.3. The van der Waals surface area contributed by atoms with E-state index in [1.807, 2.05) is 37.3 Å². The van der Waals surface area contributed by atoms with Gasteiger partial charge in [-0.3, -0.25) is 9.59 Å². The Morgan fingerprint density at radius 1 is 1.22 bits per heavy atom. The monoisotopic (exact) mass is 321 g/mol. The summed E-state index contributed by atoms with van der Waals surface area (Å²) in [7, 11) is 1.37. The van der Waals surface area contributed by atoms with Gasteiger partial charge in [0.2, 0.25) is 5.91 Å². The fourth-order valence-electron chi connectivity index (χ4n) is 2.31. The molecule has 0 saturated heterocycles. The third-order valence-electron chi connectivity index (χ3n) is 3.57. The Hall–Kier alpha value is -1.88. The number of amides is 1. The minimum absolute atomic E-state index is 0.0171. The third-order valence-corrected chi connectivity index (χ3v) is 3.57. The van der Waals surface area contributed by atoms with E-state index in [1.54, 1.807) is 11.8 Å². The van der Waals surface area contributed by atoms with Crippen molar-refractivity contribution in [3.05, 3.63) is 35.9 Å². The van der Waals surface area contributed by atoms with Crippen LogP contribution in [0.15, 0.2) is 30.3 Å².